The quantitative estimate of drug-likeness (QED) is 0.899. The Labute approximate surface area is 118 Å². The standard InChI is InChI=1S/C16H17NO3/c1-11(18)17-15-6-4-3-5-14(15)16(19)12-7-9-13(20-2)10-8-12/h3-10,16,19H,1-2H3,(H,17,18). The molecule has 0 heterocycles. The fraction of sp³-hybridized carbons (Fsp3) is 0.188. The SMILES string of the molecule is COc1ccc(C(O)c2ccccc2NC(C)=O)cc1. The predicted octanol–water partition coefficient (Wildman–Crippen LogP) is 2.74. The van der Waals surface area contributed by atoms with Gasteiger partial charge < -0.3 is 15.2 Å². The Morgan fingerprint density at radius 1 is 1.15 bits per heavy atom. The summed E-state index contributed by atoms with van der Waals surface area (Å²) in [4.78, 5) is 11.2. The summed E-state index contributed by atoms with van der Waals surface area (Å²) in [6, 6.07) is 14.4. The molecule has 4 heteroatoms. The first-order valence-corrected chi connectivity index (χ1v) is 6.30. The van der Waals surface area contributed by atoms with Gasteiger partial charge in [-0.05, 0) is 23.8 Å². The van der Waals surface area contributed by atoms with Crippen LogP contribution in [-0.4, -0.2) is 18.1 Å². The largest absolute Gasteiger partial charge is 0.497 e. The zero-order valence-corrected chi connectivity index (χ0v) is 11.5. The van der Waals surface area contributed by atoms with Crippen LogP contribution in [0.1, 0.15) is 24.2 Å². The monoisotopic (exact) mass is 271 g/mol. The normalized spacial score (nSPS) is 11.8. The van der Waals surface area contributed by atoms with Gasteiger partial charge in [0, 0.05) is 18.2 Å². The molecule has 0 spiro atoms. The van der Waals surface area contributed by atoms with Crippen molar-refractivity contribution in [1.29, 1.82) is 0 Å². The van der Waals surface area contributed by atoms with E-state index >= 15 is 0 Å². The Morgan fingerprint density at radius 2 is 1.80 bits per heavy atom. The number of rotatable bonds is 4. The average Bonchev–Trinajstić information content (AvgIpc) is 2.46. The van der Waals surface area contributed by atoms with Crippen LogP contribution in [0.25, 0.3) is 0 Å². The highest BCUT2D eigenvalue weighted by molar-refractivity contribution is 5.89. The van der Waals surface area contributed by atoms with E-state index in [4.69, 9.17) is 4.74 Å². The van der Waals surface area contributed by atoms with E-state index in [-0.39, 0.29) is 5.91 Å². The summed E-state index contributed by atoms with van der Waals surface area (Å²) in [7, 11) is 1.59. The smallest absolute Gasteiger partial charge is 0.221 e. The van der Waals surface area contributed by atoms with Gasteiger partial charge in [0.2, 0.25) is 5.91 Å². The highest BCUT2D eigenvalue weighted by Crippen LogP contribution is 2.29. The molecule has 1 amide bonds. The number of hydrogen-bond donors (Lipinski definition) is 2. The lowest BCUT2D eigenvalue weighted by Gasteiger charge is -2.16. The minimum absolute atomic E-state index is 0.167. The van der Waals surface area contributed by atoms with Crippen LogP contribution in [0, 0.1) is 0 Å². The lowest BCUT2D eigenvalue weighted by atomic mass is 10.00. The lowest BCUT2D eigenvalue weighted by Crippen LogP contribution is -2.10. The van der Waals surface area contributed by atoms with Gasteiger partial charge in [0.25, 0.3) is 0 Å². The number of aliphatic hydroxyl groups excluding tert-OH is 1. The number of methoxy groups -OCH3 is 1. The van der Waals surface area contributed by atoms with Crippen LogP contribution < -0.4 is 10.1 Å². The number of carbonyl (C=O) groups is 1. The summed E-state index contributed by atoms with van der Waals surface area (Å²) in [5.41, 5.74) is 2.01. The number of anilines is 1. The highest BCUT2D eigenvalue weighted by Gasteiger charge is 2.14. The summed E-state index contributed by atoms with van der Waals surface area (Å²) in [6.45, 7) is 1.44. The van der Waals surface area contributed by atoms with Crippen molar-refractivity contribution in [2.45, 2.75) is 13.0 Å². The summed E-state index contributed by atoms with van der Waals surface area (Å²) in [5, 5.41) is 13.2. The van der Waals surface area contributed by atoms with Crippen molar-refractivity contribution in [2.75, 3.05) is 12.4 Å². The highest BCUT2D eigenvalue weighted by atomic mass is 16.5. The minimum atomic E-state index is -0.802. The van der Waals surface area contributed by atoms with Gasteiger partial charge in [0.1, 0.15) is 11.9 Å². The number of amides is 1. The zero-order valence-electron chi connectivity index (χ0n) is 11.5. The topological polar surface area (TPSA) is 58.6 Å². The fourth-order valence-corrected chi connectivity index (χ4v) is 2.00. The number of para-hydroxylation sites is 1. The summed E-state index contributed by atoms with van der Waals surface area (Å²) in [6.07, 6.45) is -0.802. The molecule has 0 saturated heterocycles. The van der Waals surface area contributed by atoms with Gasteiger partial charge in [-0.15, -0.1) is 0 Å². The molecule has 104 valence electrons. The van der Waals surface area contributed by atoms with Crippen LogP contribution in [0.3, 0.4) is 0 Å². The molecule has 0 radical (unpaired) electrons. The summed E-state index contributed by atoms with van der Waals surface area (Å²) < 4.78 is 5.09. The fourth-order valence-electron chi connectivity index (χ4n) is 2.00. The van der Waals surface area contributed by atoms with Crippen LogP contribution in [0.2, 0.25) is 0 Å². The van der Waals surface area contributed by atoms with Crippen molar-refractivity contribution in [3.8, 4) is 5.75 Å². The van der Waals surface area contributed by atoms with Crippen molar-refractivity contribution in [1.82, 2.24) is 0 Å². The maximum atomic E-state index is 11.2. The lowest BCUT2D eigenvalue weighted by molar-refractivity contribution is -0.114. The molecule has 2 rings (SSSR count). The van der Waals surface area contributed by atoms with Gasteiger partial charge in [0.15, 0.2) is 0 Å². The molecule has 1 atom stereocenters. The second-order valence-corrected chi connectivity index (χ2v) is 4.44. The molecule has 1 unspecified atom stereocenters. The minimum Gasteiger partial charge on any atom is -0.497 e. The number of benzene rings is 2. The summed E-state index contributed by atoms with van der Waals surface area (Å²) >= 11 is 0. The molecule has 0 saturated carbocycles. The Kier molecular flexibility index (Phi) is 4.38. The predicted molar refractivity (Wildman–Crippen MR) is 77.8 cm³/mol. The van der Waals surface area contributed by atoms with E-state index in [9.17, 15) is 9.90 Å². The first kappa shape index (κ1) is 14.1. The molecule has 0 aliphatic carbocycles. The summed E-state index contributed by atoms with van der Waals surface area (Å²) in [5.74, 6) is 0.565. The number of carbonyl (C=O) groups excluding carboxylic acids is 1. The van der Waals surface area contributed by atoms with Crippen molar-refractivity contribution in [3.63, 3.8) is 0 Å². The molecule has 4 nitrogen and oxygen atoms in total. The van der Waals surface area contributed by atoms with Crippen molar-refractivity contribution in [3.05, 3.63) is 59.7 Å². The first-order chi connectivity index (χ1) is 9.61. The van der Waals surface area contributed by atoms with Gasteiger partial charge in [-0.25, -0.2) is 0 Å². The van der Waals surface area contributed by atoms with Gasteiger partial charge >= 0.3 is 0 Å². The van der Waals surface area contributed by atoms with E-state index in [1.165, 1.54) is 6.92 Å². The van der Waals surface area contributed by atoms with E-state index in [2.05, 4.69) is 5.32 Å². The third kappa shape index (κ3) is 3.16. The maximum Gasteiger partial charge on any atom is 0.221 e. The molecule has 0 aliphatic heterocycles. The van der Waals surface area contributed by atoms with Gasteiger partial charge in [0.05, 0.1) is 7.11 Å². The van der Waals surface area contributed by atoms with E-state index in [1.807, 2.05) is 12.1 Å². The maximum absolute atomic E-state index is 11.2. The Bertz CT molecular complexity index is 593. The molecule has 0 aromatic heterocycles. The molecule has 2 aromatic rings. The van der Waals surface area contributed by atoms with Crippen LogP contribution in [0.15, 0.2) is 48.5 Å². The number of aliphatic hydroxyl groups is 1. The molecule has 0 aliphatic rings. The van der Waals surface area contributed by atoms with E-state index in [1.54, 1.807) is 43.5 Å². The van der Waals surface area contributed by atoms with Crippen molar-refractivity contribution < 1.29 is 14.6 Å². The van der Waals surface area contributed by atoms with Gasteiger partial charge in [-0.3, -0.25) is 4.79 Å². The second kappa shape index (κ2) is 6.21. The number of nitrogens with one attached hydrogen (secondary N) is 1. The van der Waals surface area contributed by atoms with Crippen molar-refractivity contribution >= 4 is 11.6 Å². The third-order valence-electron chi connectivity index (χ3n) is 3.00. The van der Waals surface area contributed by atoms with Crippen LogP contribution in [0.5, 0.6) is 5.75 Å². The average molecular weight is 271 g/mol. The third-order valence-corrected chi connectivity index (χ3v) is 3.00. The molecule has 20 heavy (non-hydrogen) atoms. The van der Waals surface area contributed by atoms with Gasteiger partial charge in [-0.2, -0.15) is 0 Å². The van der Waals surface area contributed by atoms with E-state index in [0.29, 0.717) is 11.3 Å². The van der Waals surface area contributed by atoms with Crippen LogP contribution in [0.4, 0.5) is 5.69 Å². The molecular weight excluding hydrogens is 254 g/mol. The molecule has 2 aromatic carbocycles. The molecule has 2 N–H and O–H groups in total. The molecular formula is C16H17NO3. The van der Waals surface area contributed by atoms with Crippen LogP contribution >= 0.6 is 0 Å². The number of hydrogen-bond acceptors (Lipinski definition) is 3. The van der Waals surface area contributed by atoms with E-state index in [0.717, 1.165) is 11.3 Å². The van der Waals surface area contributed by atoms with Crippen molar-refractivity contribution in [2.24, 2.45) is 0 Å². The van der Waals surface area contributed by atoms with Gasteiger partial charge in [-0.1, -0.05) is 30.3 Å². The first-order valence-electron chi connectivity index (χ1n) is 6.30. The number of ether oxygens (including phenoxy) is 1. The second-order valence-electron chi connectivity index (χ2n) is 4.44. The molecule has 0 bridgehead atoms. The van der Waals surface area contributed by atoms with Crippen LogP contribution in [-0.2, 0) is 4.79 Å². The Balaban J connectivity index is 2.31. The van der Waals surface area contributed by atoms with E-state index < -0.39 is 6.10 Å². The Hall–Kier alpha value is -2.33. The zero-order chi connectivity index (χ0) is 14.5. The Morgan fingerprint density at radius 3 is 2.40 bits per heavy atom. The molecule has 0 fully saturated rings.